The number of benzene rings is 1. The van der Waals surface area contributed by atoms with E-state index in [4.69, 9.17) is 4.74 Å². The van der Waals surface area contributed by atoms with E-state index in [0.717, 1.165) is 28.8 Å². The van der Waals surface area contributed by atoms with Gasteiger partial charge in [-0.25, -0.2) is 19.4 Å². The predicted molar refractivity (Wildman–Crippen MR) is 119 cm³/mol. The van der Waals surface area contributed by atoms with Crippen molar-refractivity contribution in [1.29, 1.82) is 0 Å². The third-order valence-electron chi connectivity index (χ3n) is 4.17. The molecule has 0 fully saturated rings. The Labute approximate surface area is 180 Å². The molecule has 0 unspecified atom stereocenters. The molecule has 0 aliphatic carbocycles. The van der Waals surface area contributed by atoms with E-state index in [1.807, 2.05) is 13.0 Å². The lowest BCUT2D eigenvalue weighted by Crippen LogP contribution is -2.36. The van der Waals surface area contributed by atoms with Crippen molar-refractivity contribution < 1.29 is 9.13 Å². The van der Waals surface area contributed by atoms with Gasteiger partial charge in [-0.3, -0.25) is 0 Å². The Bertz CT molecular complexity index is 954. The second-order valence-electron chi connectivity index (χ2n) is 6.93. The van der Waals surface area contributed by atoms with E-state index in [-0.39, 0.29) is 5.82 Å². The highest BCUT2D eigenvalue weighted by Gasteiger charge is 2.06. The van der Waals surface area contributed by atoms with Crippen LogP contribution >= 0.6 is 11.3 Å². The summed E-state index contributed by atoms with van der Waals surface area (Å²) in [4.78, 5) is 13.5. The Hall–Kier alpha value is -3.00. The molecule has 3 rings (SSSR count). The van der Waals surface area contributed by atoms with E-state index in [9.17, 15) is 4.39 Å². The molecule has 0 saturated carbocycles. The molecule has 158 valence electrons. The number of nitrogens with zero attached hydrogens (tertiary/aromatic N) is 3. The Kier molecular flexibility index (Phi) is 7.73. The first-order valence-corrected chi connectivity index (χ1v) is 10.8. The molecule has 0 bridgehead atoms. The number of guanidine groups is 1. The van der Waals surface area contributed by atoms with Crippen LogP contribution in [0.3, 0.4) is 0 Å². The van der Waals surface area contributed by atoms with Crippen molar-refractivity contribution in [1.82, 2.24) is 20.6 Å². The lowest BCUT2D eigenvalue weighted by molar-refractivity contribution is 0.461. The molecule has 30 heavy (non-hydrogen) atoms. The van der Waals surface area contributed by atoms with Crippen molar-refractivity contribution in [3.63, 3.8) is 0 Å². The van der Waals surface area contributed by atoms with Gasteiger partial charge in [0.15, 0.2) is 5.96 Å². The van der Waals surface area contributed by atoms with Crippen molar-refractivity contribution >= 4 is 17.3 Å². The van der Waals surface area contributed by atoms with E-state index in [1.54, 1.807) is 35.7 Å². The van der Waals surface area contributed by atoms with Crippen LogP contribution in [0.2, 0.25) is 0 Å². The fourth-order valence-corrected chi connectivity index (χ4v) is 3.43. The predicted octanol–water partition coefficient (Wildman–Crippen LogP) is 4.85. The summed E-state index contributed by atoms with van der Waals surface area (Å²) in [5, 5.41) is 9.70. The number of rotatable bonds is 8. The van der Waals surface area contributed by atoms with Gasteiger partial charge in [0, 0.05) is 24.2 Å². The first kappa shape index (κ1) is 21.7. The highest BCUT2D eigenvalue weighted by Crippen LogP contribution is 2.20. The van der Waals surface area contributed by atoms with Crippen molar-refractivity contribution in [2.45, 2.75) is 39.8 Å². The van der Waals surface area contributed by atoms with Crippen molar-refractivity contribution in [2.75, 3.05) is 6.54 Å². The molecule has 0 aliphatic rings. The first-order valence-electron chi connectivity index (χ1n) is 9.88. The molecule has 0 atom stereocenters. The molecule has 0 saturated heterocycles. The molecule has 8 heteroatoms. The first-order chi connectivity index (χ1) is 14.5. The zero-order chi connectivity index (χ0) is 21.3. The van der Waals surface area contributed by atoms with Gasteiger partial charge in [-0.15, -0.1) is 11.3 Å². The van der Waals surface area contributed by atoms with E-state index in [0.29, 0.717) is 30.6 Å². The van der Waals surface area contributed by atoms with Gasteiger partial charge in [-0.1, -0.05) is 19.9 Å². The summed E-state index contributed by atoms with van der Waals surface area (Å²) in [7, 11) is 0. The van der Waals surface area contributed by atoms with Crippen LogP contribution in [0.25, 0.3) is 0 Å². The maximum absolute atomic E-state index is 13.0. The van der Waals surface area contributed by atoms with Gasteiger partial charge in [0.05, 0.1) is 18.8 Å². The van der Waals surface area contributed by atoms with Gasteiger partial charge in [0.1, 0.15) is 16.6 Å². The fraction of sp³-hybridized carbons (Fsp3) is 0.318. The number of nitrogens with one attached hydrogen (secondary N) is 2. The molecule has 0 spiro atoms. The summed E-state index contributed by atoms with van der Waals surface area (Å²) >= 11 is 1.65. The third kappa shape index (κ3) is 6.52. The maximum Gasteiger partial charge on any atom is 0.219 e. The zero-order valence-electron chi connectivity index (χ0n) is 17.4. The zero-order valence-corrected chi connectivity index (χ0v) is 18.2. The average molecular weight is 428 g/mol. The number of hydrogen-bond acceptors (Lipinski definition) is 5. The van der Waals surface area contributed by atoms with E-state index in [1.165, 1.54) is 12.1 Å². The Morgan fingerprint density at radius 2 is 1.97 bits per heavy atom. The van der Waals surface area contributed by atoms with Gasteiger partial charge >= 0.3 is 0 Å². The van der Waals surface area contributed by atoms with Crippen molar-refractivity contribution in [2.24, 2.45) is 4.99 Å². The van der Waals surface area contributed by atoms with Crippen LogP contribution in [0.1, 0.15) is 43.0 Å². The molecule has 2 N–H and O–H groups in total. The number of thiazole rings is 1. The van der Waals surface area contributed by atoms with E-state index in [2.05, 4.69) is 44.8 Å². The van der Waals surface area contributed by atoms with Crippen LogP contribution in [0, 0.1) is 5.82 Å². The SMILES string of the molecule is CCNC(=NCc1ccc(Oc2ccc(F)cc2)nc1)NCc1nc(C(C)C)cs1. The number of ether oxygens (including phenoxy) is 1. The van der Waals surface area contributed by atoms with E-state index >= 15 is 0 Å². The molecular weight excluding hydrogens is 401 g/mol. The van der Waals surface area contributed by atoms with Crippen molar-refractivity contribution in [3.8, 4) is 11.6 Å². The van der Waals surface area contributed by atoms with Crippen LogP contribution in [0.4, 0.5) is 4.39 Å². The average Bonchev–Trinajstić information content (AvgIpc) is 3.22. The smallest absolute Gasteiger partial charge is 0.219 e. The molecule has 1 aromatic carbocycles. The molecular formula is C22H26FN5OS. The highest BCUT2D eigenvalue weighted by atomic mass is 32.1. The Morgan fingerprint density at radius 1 is 1.17 bits per heavy atom. The van der Waals surface area contributed by atoms with Gasteiger partial charge in [-0.05, 0) is 42.7 Å². The topological polar surface area (TPSA) is 71.4 Å². The van der Waals surface area contributed by atoms with Crippen LogP contribution in [-0.2, 0) is 13.1 Å². The molecule has 2 heterocycles. The van der Waals surface area contributed by atoms with E-state index < -0.39 is 0 Å². The number of halogens is 1. The Morgan fingerprint density at radius 3 is 2.60 bits per heavy atom. The molecule has 0 radical (unpaired) electrons. The van der Waals surface area contributed by atoms with Gasteiger partial charge in [0.2, 0.25) is 5.88 Å². The normalized spacial score (nSPS) is 11.6. The van der Waals surface area contributed by atoms with Crippen LogP contribution in [0.15, 0.2) is 53.0 Å². The highest BCUT2D eigenvalue weighted by molar-refractivity contribution is 7.09. The molecule has 2 aromatic heterocycles. The van der Waals surface area contributed by atoms with Gasteiger partial charge in [-0.2, -0.15) is 0 Å². The molecule has 0 aliphatic heterocycles. The van der Waals surface area contributed by atoms with Crippen LogP contribution in [0.5, 0.6) is 11.6 Å². The lowest BCUT2D eigenvalue weighted by Gasteiger charge is -2.10. The van der Waals surface area contributed by atoms with Crippen LogP contribution < -0.4 is 15.4 Å². The number of hydrogen-bond donors (Lipinski definition) is 2. The minimum Gasteiger partial charge on any atom is -0.439 e. The summed E-state index contributed by atoms with van der Waals surface area (Å²) in [6, 6.07) is 9.52. The van der Waals surface area contributed by atoms with Crippen LogP contribution in [-0.4, -0.2) is 22.5 Å². The summed E-state index contributed by atoms with van der Waals surface area (Å²) in [6.07, 6.45) is 1.72. The summed E-state index contributed by atoms with van der Waals surface area (Å²) in [6.45, 7) is 8.19. The number of aromatic nitrogens is 2. The minimum absolute atomic E-state index is 0.302. The standard InChI is InChI=1S/C22H26FN5OS/c1-4-24-22(27-13-21-28-19(14-30-21)15(2)3)26-12-16-5-10-20(25-11-16)29-18-8-6-17(23)7-9-18/h5-11,14-15H,4,12-13H2,1-3H3,(H2,24,26,27). The largest absolute Gasteiger partial charge is 0.439 e. The molecule has 3 aromatic rings. The van der Waals surface area contributed by atoms with Gasteiger partial charge in [0.25, 0.3) is 0 Å². The summed E-state index contributed by atoms with van der Waals surface area (Å²) in [5.74, 6) is 1.84. The quantitative estimate of drug-likeness (QED) is 0.397. The monoisotopic (exact) mass is 427 g/mol. The van der Waals surface area contributed by atoms with Crippen molar-refractivity contribution in [3.05, 3.63) is 70.1 Å². The number of pyridine rings is 1. The number of aliphatic imine (C=N–C) groups is 1. The van der Waals surface area contributed by atoms with Gasteiger partial charge < -0.3 is 15.4 Å². The third-order valence-corrected chi connectivity index (χ3v) is 5.03. The Balaban J connectivity index is 1.56. The lowest BCUT2D eigenvalue weighted by atomic mass is 10.2. The molecule has 6 nitrogen and oxygen atoms in total. The summed E-state index contributed by atoms with van der Waals surface area (Å²) < 4.78 is 18.6. The second kappa shape index (κ2) is 10.7. The molecule has 0 amide bonds. The maximum atomic E-state index is 13.0. The fourth-order valence-electron chi connectivity index (χ4n) is 2.53. The summed E-state index contributed by atoms with van der Waals surface area (Å²) in [5.41, 5.74) is 2.07. The minimum atomic E-state index is -0.302. The second-order valence-corrected chi connectivity index (χ2v) is 7.87.